The summed E-state index contributed by atoms with van der Waals surface area (Å²) in [5.41, 5.74) is 0. The zero-order valence-electron chi connectivity index (χ0n) is 24.6. The number of nitrogens with zero attached hydrogens (tertiary/aromatic N) is 2. The lowest BCUT2D eigenvalue weighted by Crippen LogP contribution is -2.32. The molecule has 0 saturated carbocycles. The molecular formula is C33H65N2+. The fourth-order valence-electron chi connectivity index (χ4n) is 5.50. The molecule has 1 aromatic rings. The van der Waals surface area contributed by atoms with E-state index in [0.29, 0.717) is 0 Å². The van der Waals surface area contributed by atoms with Crippen molar-refractivity contribution in [1.82, 2.24) is 4.57 Å². The molecule has 0 spiro atoms. The van der Waals surface area contributed by atoms with Crippen molar-refractivity contribution in [3.63, 3.8) is 0 Å². The molecule has 0 fully saturated rings. The van der Waals surface area contributed by atoms with Crippen LogP contribution in [0, 0.1) is 0 Å². The van der Waals surface area contributed by atoms with E-state index in [4.69, 9.17) is 0 Å². The summed E-state index contributed by atoms with van der Waals surface area (Å²) in [6.07, 6.45) is 41.7. The lowest BCUT2D eigenvalue weighted by atomic mass is 10.0. The maximum absolute atomic E-state index is 2.54. The molecule has 0 aromatic carbocycles. The molecule has 0 amide bonds. The topological polar surface area (TPSA) is 8.81 Å². The number of aromatic nitrogens is 2. The Labute approximate surface area is 221 Å². The molecule has 1 heterocycles. The molecule has 2 nitrogen and oxygen atoms in total. The molecule has 206 valence electrons. The quantitative estimate of drug-likeness (QED) is 0.0858. The lowest BCUT2D eigenvalue weighted by molar-refractivity contribution is -0.678. The number of hydrogen-bond acceptors (Lipinski definition) is 0. The van der Waals surface area contributed by atoms with E-state index in [1.165, 1.54) is 179 Å². The number of rotatable bonds is 27. The first kappa shape index (κ1) is 32.2. The third-order valence-corrected chi connectivity index (χ3v) is 7.97. The molecule has 0 saturated heterocycles. The minimum atomic E-state index is 1.21. The SMILES string of the molecule is CCCCCCCCCCCCCCCCCCn1cc[n+](C)c1CCCCCCCCCCC. The Hall–Kier alpha value is -0.790. The standard InChI is InChI=1S/C33H65N2/c1-4-6-8-10-12-14-15-16-17-18-19-20-22-24-26-28-30-35-32-31-34(3)33(35)29-27-25-23-21-13-11-9-7-5-2/h31-32H,4-30H2,1-3H3/q+1. The summed E-state index contributed by atoms with van der Waals surface area (Å²) in [5, 5.41) is 0. The van der Waals surface area contributed by atoms with Crippen LogP contribution in [0.25, 0.3) is 0 Å². The summed E-state index contributed by atoms with van der Waals surface area (Å²) in [4.78, 5) is 0. The van der Waals surface area contributed by atoms with Gasteiger partial charge in [-0.1, -0.05) is 155 Å². The molecule has 0 N–H and O–H groups in total. The lowest BCUT2D eigenvalue weighted by Gasteiger charge is -2.05. The van der Waals surface area contributed by atoms with Crippen LogP contribution in [0.15, 0.2) is 12.4 Å². The summed E-state index contributed by atoms with van der Waals surface area (Å²) in [5.74, 6) is 1.54. The molecule has 1 rings (SSSR count). The van der Waals surface area contributed by atoms with E-state index in [1.54, 1.807) is 0 Å². The predicted molar refractivity (Wildman–Crippen MR) is 156 cm³/mol. The highest BCUT2D eigenvalue weighted by molar-refractivity contribution is 4.84. The smallest absolute Gasteiger partial charge is 0.237 e. The fourth-order valence-corrected chi connectivity index (χ4v) is 5.50. The first-order valence-corrected chi connectivity index (χ1v) is 16.3. The molecule has 0 aliphatic heterocycles. The maximum Gasteiger partial charge on any atom is 0.256 e. The Morgan fingerprint density at radius 1 is 0.486 bits per heavy atom. The van der Waals surface area contributed by atoms with Gasteiger partial charge in [-0.3, -0.25) is 0 Å². The number of imidazole rings is 1. The van der Waals surface area contributed by atoms with Crippen molar-refractivity contribution in [2.24, 2.45) is 7.05 Å². The summed E-state index contributed by atoms with van der Waals surface area (Å²) in [6.45, 7) is 5.82. The minimum absolute atomic E-state index is 1.21. The monoisotopic (exact) mass is 490 g/mol. The number of unbranched alkanes of at least 4 members (excludes halogenated alkanes) is 23. The third-order valence-electron chi connectivity index (χ3n) is 7.97. The fraction of sp³-hybridized carbons (Fsp3) is 0.909. The molecule has 0 unspecified atom stereocenters. The van der Waals surface area contributed by atoms with E-state index in [1.807, 2.05) is 0 Å². The second kappa shape index (κ2) is 24.9. The van der Waals surface area contributed by atoms with Gasteiger partial charge in [-0.15, -0.1) is 0 Å². The highest BCUT2D eigenvalue weighted by Crippen LogP contribution is 2.15. The zero-order chi connectivity index (χ0) is 25.2. The average Bonchev–Trinajstić information content (AvgIpc) is 3.21. The van der Waals surface area contributed by atoms with E-state index in [0.717, 1.165) is 0 Å². The van der Waals surface area contributed by atoms with Gasteiger partial charge in [0.25, 0.3) is 5.82 Å². The van der Waals surface area contributed by atoms with Gasteiger partial charge in [0.05, 0.1) is 13.6 Å². The molecule has 35 heavy (non-hydrogen) atoms. The Bertz CT molecular complexity index is 547. The van der Waals surface area contributed by atoms with Crippen molar-refractivity contribution in [1.29, 1.82) is 0 Å². The summed E-state index contributed by atoms with van der Waals surface area (Å²) >= 11 is 0. The molecule has 0 aliphatic carbocycles. The van der Waals surface area contributed by atoms with Crippen LogP contribution in [0.3, 0.4) is 0 Å². The van der Waals surface area contributed by atoms with Crippen LogP contribution in [0.2, 0.25) is 0 Å². The van der Waals surface area contributed by atoms with Gasteiger partial charge in [-0.2, -0.15) is 0 Å². The average molecular weight is 490 g/mol. The van der Waals surface area contributed by atoms with Crippen LogP contribution in [-0.4, -0.2) is 4.57 Å². The first-order chi connectivity index (χ1) is 17.3. The Morgan fingerprint density at radius 3 is 1.23 bits per heavy atom. The van der Waals surface area contributed by atoms with E-state index < -0.39 is 0 Å². The van der Waals surface area contributed by atoms with E-state index in [9.17, 15) is 0 Å². The van der Waals surface area contributed by atoms with Crippen molar-refractivity contribution in [2.75, 3.05) is 0 Å². The zero-order valence-corrected chi connectivity index (χ0v) is 24.6. The minimum Gasteiger partial charge on any atom is -0.237 e. The molecule has 0 radical (unpaired) electrons. The van der Waals surface area contributed by atoms with Crippen LogP contribution in [0.1, 0.15) is 180 Å². The van der Waals surface area contributed by atoms with Gasteiger partial charge >= 0.3 is 0 Å². The van der Waals surface area contributed by atoms with Gasteiger partial charge in [0.1, 0.15) is 12.4 Å². The molecular weight excluding hydrogens is 424 g/mol. The summed E-state index contributed by atoms with van der Waals surface area (Å²) < 4.78 is 4.89. The van der Waals surface area contributed by atoms with E-state index in [-0.39, 0.29) is 0 Å². The highest BCUT2D eigenvalue weighted by Gasteiger charge is 2.13. The van der Waals surface area contributed by atoms with Crippen LogP contribution >= 0.6 is 0 Å². The summed E-state index contributed by atoms with van der Waals surface area (Å²) in [6, 6.07) is 0. The van der Waals surface area contributed by atoms with Crippen LogP contribution < -0.4 is 4.57 Å². The molecule has 1 aromatic heterocycles. The van der Waals surface area contributed by atoms with Crippen molar-refractivity contribution >= 4 is 0 Å². The summed E-state index contributed by atoms with van der Waals surface area (Å²) in [7, 11) is 2.23. The normalized spacial score (nSPS) is 11.5. The van der Waals surface area contributed by atoms with Crippen LogP contribution in [0.4, 0.5) is 0 Å². The second-order valence-electron chi connectivity index (χ2n) is 11.4. The molecule has 0 aliphatic rings. The van der Waals surface area contributed by atoms with Crippen molar-refractivity contribution in [3.05, 3.63) is 18.2 Å². The number of aryl methyl sites for hydroxylation is 2. The van der Waals surface area contributed by atoms with Gasteiger partial charge in [0.15, 0.2) is 0 Å². The van der Waals surface area contributed by atoms with Crippen molar-refractivity contribution in [2.45, 2.75) is 187 Å². The third kappa shape index (κ3) is 19.0. The molecule has 0 bridgehead atoms. The molecule has 2 heteroatoms. The maximum atomic E-state index is 2.54. The predicted octanol–water partition coefficient (Wildman–Crippen LogP) is 10.6. The first-order valence-electron chi connectivity index (χ1n) is 16.3. The van der Waals surface area contributed by atoms with E-state index >= 15 is 0 Å². The number of hydrogen-bond donors (Lipinski definition) is 0. The Kier molecular flexibility index (Phi) is 22.9. The van der Waals surface area contributed by atoms with Crippen LogP contribution in [0.5, 0.6) is 0 Å². The second-order valence-corrected chi connectivity index (χ2v) is 11.4. The molecule has 0 atom stereocenters. The highest BCUT2D eigenvalue weighted by atomic mass is 15.1. The van der Waals surface area contributed by atoms with Crippen LogP contribution in [-0.2, 0) is 20.0 Å². The van der Waals surface area contributed by atoms with E-state index in [2.05, 4.69) is 42.4 Å². The van der Waals surface area contributed by atoms with Gasteiger partial charge < -0.3 is 0 Å². The van der Waals surface area contributed by atoms with Gasteiger partial charge in [-0.05, 0) is 19.3 Å². The van der Waals surface area contributed by atoms with Crippen molar-refractivity contribution in [3.8, 4) is 0 Å². The van der Waals surface area contributed by atoms with Gasteiger partial charge in [0, 0.05) is 6.42 Å². The van der Waals surface area contributed by atoms with Crippen molar-refractivity contribution < 1.29 is 4.57 Å². The van der Waals surface area contributed by atoms with Gasteiger partial charge in [-0.25, -0.2) is 9.13 Å². The Balaban J connectivity index is 1.93. The van der Waals surface area contributed by atoms with Gasteiger partial charge in [0.2, 0.25) is 0 Å². The Morgan fingerprint density at radius 2 is 0.829 bits per heavy atom. The largest absolute Gasteiger partial charge is 0.256 e.